The van der Waals surface area contributed by atoms with Gasteiger partial charge in [0.05, 0.1) is 17.7 Å². The van der Waals surface area contributed by atoms with Gasteiger partial charge in [0.1, 0.15) is 22.2 Å². The van der Waals surface area contributed by atoms with Gasteiger partial charge in [0, 0.05) is 37.5 Å². The van der Waals surface area contributed by atoms with E-state index in [1.54, 1.807) is 0 Å². The van der Waals surface area contributed by atoms with Gasteiger partial charge in [-0.1, -0.05) is 19.1 Å². The number of nitrogens with one attached hydrogen (secondary N) is 1. The second kappa shape index (κ2) is 9.55. The van der Waals surface area contributed by atoms with Gasteiger partial charge in [-0.25, -0.2) is 14.8 Å². The molecule has 0 saturated carbocycles. The van der Waals surface area contributed by atoms with Gasteiger partial charge in [0.15, 0.2) is 0 Å². The van der Waals surface area contributed by atoms with Gasteiger partial charge >= 0.3 is 6.03 Å². The highest BCUT2D eigenvalue weighted by molar-refractivity contribution is 7.19. The Balaban J connectivity index is 1.33. The average molecular weight is 466 g/mol. The Kier molecular flexibility index (Phi) is 6.35. The van der Waals surface area contributed by atoms with Crippen molar-refractivity contribution in [3.63, 3.8) is 0 Å². The third-order valence-corrected chi connectivity index (χ3v) is 7.64. The standard InChI is InChI=1S/C25H31N5O2S/c1-3-21-27-23(22-17-9-5-8-12-20(17)33-24(22)28-21)29-13-15-30(16-14-29)25(31)26-18-10-6-7-11-19(18)32-4-2/h6-7,10-11H,3-5,8-9,12-16H2,1-2H3,(H,26,31). The van der Waals surface area contributed by atoms with Gasteiger partial charge < -0.3 is 19.9 Å². The Morgan fingerprint density at radius 2 is 1.88 bits per heavy atom. The second-order valence-corrected chi connectivity index (χ2v) is 9.63. The van der Waals surface area contributed by atoms with Gasteiger partial charge in [-0.15, -0.1) is 11.3 Å². The Labute approximate surface area is 198 Å². The number of carbonyl (C=O) groups is 1. The predicted octanol–water partition coefficient (Wildman–Crippen LogP) is 4.89. The number of anilines is 2. The number of rotatable bonds is 5. The number of fused-ring (bicyclic) bond motifs is 3. The van der Waals surface area contributed by atoms with E-state index in [1.807, 2.05) is 47.4 Å². The molecule has 3 heterocycles. The molecule has 1 aromatic carbocycles. The molecule has 0 atom stereocenters. The molecular weight excluding hydrogens is 434 g/mol. The smallest absolute Gasteiger partial charge is 0.322 e. The summed E-state index contributed by atoms with van der Waals surface area (Å²) in [5, 5.41) is 4.28. The van der Waals surface area contributed by atoms with E-state index in [2.05, 4.69) is 17.1 Å². The van der Waals surface area contributed by atoms with E-state index < -0.39 is 0 Å². The summed E-state index contributed by atoms with van der Waals surface area (Å²) in [6.07, 6.45) is 5.62. The first kappa shape index (κ1) is 21.9. The number of hydrogen-bond acceptors (Lipinski definition) is 6. The third-order valence-electron chi connectivity index (χ3n) is 6.45. The van der Waals surface area contributed by atoms with Crippen molar-refractivity contribution in [3.05, 3.63) is 40.5 Å². The number of piperazine rings is 1. The number of amides is 2. The number of nitrogens with zero attached hydrogens (tertiary/aromatic N) is 4. The lowest BCUT2D eigenvalue weighted by atomic mass is 9.97. The molecule has 0 bridgehead atoms. The average Bonchev–Trinajstić information content (AvgIpc) is 3.23. The summed E-state index contributed by atoms with van der Waals surface area (Å²) in [6, 6.07) is 7.49. The lowest BCUT2D eigenvalue weighted by Crippen LogP contribution is -2.50. The maximum absolute atomic E-state index is 12.9. The van der Waals surface area contributed by atoms with E-state index >= 15 is 0 Å². The van der Waals surface area contributed by atoms with Gasteiger partial charge in [-0.05, 0) is 50.3 Å². The summed E-state index contributed by atoms with van der Waals surface area (Å²) >= 11 is 1.86. The van der Waals surface area contributed by atoms with Gasteiger partial charge in [0.25, 0.3) is 0 Å². The largest absolute Gasteiger partial charge is 0.492 e. The van der Waals surface area contributed by atoms with Crippen molar-refractivity contribution in [1.29, 1.82) is 0 Å². The molecule has 1 aliphatic carbocycles. The number of benzene rings is 1. The molecule has 5 rings (SSSR count). The van der Waals surface area contributed by atoms with Gasteiger partial charge in [-0.2, -0.15) is 0 Å². The normalized spacial score (nSPS) is 16.1. The first-order valence-corrected chi connectivity index (χ1v) is 12.8. The molecule has 7 nitrogen and oxygen atoms in total. The van der Waals surface area contributed by atoms with Gasteiger partial charge in [0.2, 0.25) is 0 Å². The van der Waals surface area contributed by atoms with E-state index in [0.29, 0.717) is 31.1 Å². The van der Waals surface area contributed by atoms with Crippen LogP contribution in [-0.2, 0) is 19.3 Å². The molecule has 174 valence electrons. The molecule has 1 aliphatic heterocycles. The molecule has 1 saturated heterocycles. The van der Waals surface area contributed by atoms with Crippen molar-refractivity contribution < 1.29 is 9.53 Å². The minimum Gasteiger partial charge on any atom is -0.492 e. The first-order chi connectivity index (χ1) is 16.2. The number of thiophene rings is 1. The topological polar surface area (TPSA) is 70.6 Å². The van der Waals surface area contributed by atoms with Crippen molar-refractivity contribution in [2.24, 2.45) is 0 Å². The fourth-order valence-corrected chi connectivity index (χ4v) is 6.01. The minimum atomic E-state index is -0.0863. The second-order valence-electron chi connectivity index (χ2n) is 8.54. The molecule has 2 aromatic heterocycles. The summed E-state index contributed by atoms with van der Waals surface area (Å²) in [5.74, 6) is 2.67. The number of para-hydroxylation sites is 2. The van der Waals surface area contributed by atoms with E-state index in [0.717, 1.165) is 48.8 Å². The number of aryl methyl sites for hydroxylation is 3. The van der Waals surface area contributed by atoms with E-state index in [-0.39, 0.29) is 6.03 Å². The SMILES string of the molecule is CCOc1ccccc1NC(=O)N1CCN(c2nc(CC)nc3sc4c(c23)CCCC4)CC1. The molecule has 8 heteroatoms. The highest BCUT2D eigenvalue weighted by Gasteiger charge is 2.27. The van der Waals surface area contributed by atoms with Crippen LogP contribution in [0.4, 0.5) is 16.3 Å². The summed E-state index contributed by atoms with van der Waals surface area (Å²) in [4.78, 5) is 29.6. The fourth-order valence-electron chi connectivity index (χ4n) is 4.74. The molecule has 1 fully saturated rings. The highest BCUT2D eigenvalue weighted by atomic mass is 32.1. The van der Waals surface area contributed by atoms with E-state index in [1.165, 1.54) is 28.7 Å². The Hall–Kier alpha value is -2.87. The summed E-state index contributed by atoms with van der Waals surface area (Å²) in [6.45, 7) is 7.45. The van der Waals surface area contributed by atoms with Crippen LogP contribution >= 0.6 is 11.3 Å². The number of ether oxygens (including phenoxy) is 1. The molecular formula is C25H31N5O2S. The lowest BCUT2D eigenvalue weighted by molar-refractivity contribution is 0.208. The van der Waals surface area contributed by atoms with Crippen LogP contribution in [0.5, 0.6) is 5.75 Å². The van der Waals surface area contributed by atoms with Crippen LogP contribution in [0.2, 0.25) is 0 Å². The van der Waals surface area contributed by atoms with Gasteiger partial charge in [-0.3, -0.25) is 0 Å². The highest BCUT2D eigenvalue weighted by Crippen LogP contribution is 2.40. The van der Waals surface area contributed by atoms with Crippen LogP contribution in [0.1, 0.15) is 43.0 Å². The summed E-state index contributed by atoms with van der Waals surface area (Å²) in [7, 11) is 0. The van der Waals surface area contributed by atoms with E-state index in [4.69, 9.17) is 14.7 Å². The Morgan fingerprint density at radius 3 is 2.67 bits per heavy atom. The number of hydrogen-bond donors (Lipinski definition) is 1. The maximum Gasteiger partial charge on any atom is 0.322 e. The number of aromatic nitrogens is 2. The molecule has 1 N–H and O–H groups in total. The number of urea groups is 1. The zero-order valence-corrected chi connectivity index (χ0v) is 20.2. The van der Waals surface area contributed by atoms with Crippen molar-refractivity contribution in [2.75, 3.05) is 43.0 Å². The van der Waals surface area contributed by atoms with Crippen LogP contribution in [0.25, 0.3) is 10.2 Å². The van der Waals surface area contributed by atoms with Crippen LogP contribution < -0.4 is 15.0 Å². The van der Waals surface area contributed by atoms with Crippen LogP contribution in [0.15, 0.2) is 24.3 Å². The van der Waals surface area contributed by atoms with Crippen molar-refractivity contribution >= 4 is 39.1 Å². The molecule has 2 amide bonds. The van der Waals surface area contributed by atoms with Crippen molar-refractivity contribution in [3.8, 4) is 5.75 Å². The fraction of sp³-hybridized carbons (Fsp3) is 0.480. The lowest BCUT2D eigenvalue weighted by Gasteiger charge is -2.36. The monoisotopic (exact) mass is 465 g/mol. The first-order valence-electron chi connectivity index (χ1n) is 12.0. The number of carbonyl (C=O) groups excluding carboxylic acids is 1. The minimum absolute atomic E-state index is 0.0863. The quantitative estimate of drug-likeness (QED) is 0.581. The van der Waals surface area contributed by atoms with Crippen molar-refractivity contribution in [1.82, 2.24) is 14.9 Å². The van der Waals surface area contributed by atoms with Crippen LogP contribution in [0.3, 0.4) is 0 Å². The summed E-state index contributed by atoms with van der Waals surface area (Å²) in [5.41, 5.74) is 2.17. The predicted molar refractivity (Wildman–Crippen MR) is 134 cm³/mol. The molecule has 0 spiro atoms. The van der Waals surface area contributed by atoms with Crippen molar-refractivity contribution in [2.45, 2.75) is 46.0 Å². The molecule has 0 unspecified atom stereocenters. The zero-order valence-electron chi connectivity index (χ0n) is 19.4. The molecule has 33 heavy (non-hydrogen) atoms. The maximum atomic E-state index is 12.9. The van der Waals surface area contributed by atoms with E-state index in [9.17, 15) is 4.79 Å². The zero-order chi connectivity index (χ0) is 22.8. The third kappa shape index (κ3) is 4.36. The molecule has 3 aromatic rings. The molecule has 2 aliphatic rings. The Bertz CT molecular complexity index is 1150. The summed E-state index contributed by atoms with van der Waals surface area (Å²) < 4.78 is 5.65. The Morgan fingerprint density at radius 1 is 1.09 bits per heavy atom. The van der Waals surface area contributed by atoms with Crippen LogP contribution in [-0.4, -0.2) is 53.7 Å². The molecule has 0 radical (unpaired) electrons. The van der Waals surface area contributed by atoms with Crippen LogP contribution in [0, 0.1) is 0 Å².